The van der Waals surface area contributed by atoms with Crippen molar-refractivity contribution >= 4 is 5.91 Å². The van der Waals surface area contributed by atoms with E-state index in [0.717, 1.165) is 13.0 Å². The van der Waals surface area contributed by atoms with E-state index in [1.165, 1.54) is 6.42 Å². The number of likely N-dealkylation sites (N-methyl/N-ethyl adjacent to an activating group) is 1. The number of amides is 1. The standard InChI is InChI=1S/C10H21NO2/c1-9(2)6-5-7-11(3)10(12)8-13-4/h9H,5-8H2,1-4H3. The van der Waals surface area contributed by atoms with Crippen LogP contribution in [0.1, 0.15) is 26.7 Å². The molecule has 0 aliphatic carbocycles. The highest BCUT2D eigenvalue weighted by molar-refractivity contribution is 5.77. The highest BCUT2D eigenvalue weighted by atomic mass is 16.5. The Morgan fingerprint density at radius 1 is 1.46 bits per heavy atom. The van der Waals surface area contributed by atoms with Crippen molar-refractivity contribution in [1.29, 1.82) is 0 Å². The molecule has 13 heavy (non-hydrogen) atoms. The number of carbonyl (C=O) groups excluding carboxylic acids is 1. The summed E-state index contributed by atoms with van der Waals surface area (Å²) in [5.41, 5.74) is 0. The van der Waals surface area contributed by atoms with Gasteiger partial charge in [0.25, 0.3) is 0 Å². The Morgan fingerprint density at radius 2 is 2.08 bits per heavy atom. The Kier molecular flexibility index (Phi) is 6.59. The monoisotopic (exact) mass is 187 g/mol. The molecule has 0 heterocycles. The third-order valence-electron chi connectivity index (χ3n) is 1.97. The number of methoxy groups -OCH3 is 1. The van der Waals surface area contributed by atoms with Gasteiger partial charge >= 0.3 is 0 Å². The van der Waals surface area contributed by atoms with Gasteiger partial charge in [0, 0.05) is 20.7 Å². The highest BCUT2D eigenvalue weighted by Crippen LogP contribution is 2.03. The summed E-state index contributed by atoms with van der Waals surface area (Å²) in [6.07, 6.45) is 2.24. The summed E-state index contributed by atoms with van der Waals surface area (Å²) in [4.78, 5) is 12.9. The average molecular weight is 187 g/mol. The van der Waals surface area contributed by atoms with Crippen LogP contribution in [0.3, 0.4) is 0 Å². The van der Waals surface area contributed by atoms with Crippen molar-refractivity contribution in [1.82, 2.24) is 4.90 Å². The third-order valence-corrected chi connectivity index (χ3v) is 1.97. The van der Waals surface area contributed by atoms with Gasteiger partial charge < -0.3 is 9.64 Å². The molecule has 0 unspecified atom stereocenters. The van der Waals surface area contributed by atoms with E-state index in [4.69, 9.17) is 4.74 Å². The molecular formula is C10H21NO2. The van der Waals surface area contributed by atoms with E-state index >= 15 is 0 Å². The van der Waals surface area contributed by atoms with Gasteiger partial charge in [0.1, 0.15) is 6.61 Å². The van der Waals surface area contributed by atoms with Gasteiger partial charge in [-0.25, -0.2) is 0 Å². The van der Waals surface area contributed by atoms with Gasteiger partial charge in [0.15, 0.2) is 0 Å². The van der Waals surface area contributed by atoms with Crippen LogP contribution in [0.25, 0.3) is 0 Å². The molecule has 0 N–H and O–H groups in total. The summed E-state index contributed by atoms with van der Waals surface area (Å²) in [7, 11) is 3.36. The zero-order valence-corrected chi connectivity index (χ0v) is 9.17. The quantitative estimate of drug-likeness (QED) is 0.631. The van der Waals surface area contributed by atoms with Crippen molar-refractivity contribution < 1.29 is 9.53 Å². The van der Waals surface area contributed by atoms with Gasteiger partial charge in [0.2, 0.25) is 5.91 Å². The fraction of sp³-hybridized carbons (Fsp3) is 0.900. The lowest BCUT2D eigenvalue weighted by atomic mass is 10.1. The van der Waals surface area contributed by atoms with Crippen LogP contribution in [0.4, 0.5) is 0 Å². The van der Waals surface area contributed by atoms with Crippen molar-refractivity contribution in [2.24, 2.45) is 5.92 Å². The van der Waals surface area contributed by atoms with E-state index < -0.39 is 0 Å². The molecule has 0 bridgehead atoms. The van der Waals surface area contributed by atoms with Gasteiger partial charge in [-0.15, -0.1) is 0 Å². The largest absolute Gasteiger partial charge is 0.375 e. The molecular weight excluding hydrogens is 166 g/mol. The SMILES string of the molecule is COCC(=O)N(C)CCCC(C)C. The van der Waals surface area contributed by atoms with E-state index in [-0.39, 0.29) is 12.5 Å². The van der Waals surface area contributed by atoms with Crippen molar-refractivity contribution in [2.45, 2.75) is 26.7 Å². The second-order valence-electron chi connectivity index (χ2n) is 3.78. The van der Waals surface area contributed by atoms with E-state index in [1.54, 1.807) is 12.0 Å². The van der Waals surface area contributed by atoms with Crippen molar-refractivity contribution in [2.75, 3.05) is 27.3 Å². The molecule has 3 nitrogen and oxygen atoms in total. The van der Waals surface area contributed by atoms with Gasteiger partial charge in [0.05, 0.1) is 0 Å². The zero-order valence-electron chi connectivity index (χ0n) is 9.17. The fourth-order valence-electron chi connectivity index (χ4n) is 1.10. The maximum absolute atomic E-state index is 11.2. The summed E-state index contributed by atoms with van der Waals surface area (Å²) in [5.74, 6) is 0.775. The van der Waals surface area contributed by atoms with Crippen LogP contribution in [0.15, 0.2) is 0 Å². The van der Waals surface area contributed by atoms with E-state index in [0.29, 0.717) is 5.92 Å². The Bertz CT molecular complexity index is 146. The van der Waals surface area contributed by atoms with Gasteiger partial charge in [-0.2, -0.15) is 0 Å². The maximum Gasteiger partial charge on any atom is 0.248 e. The van der Waals surface area contributed by atoms with Crippen LogP contribution in [-0.4, -0.2) is 38.1 Å². The molecule has 78 valence electrons. The Labute approximate surface area is 81.1 Å². The molecule has 1 amide bonds. The van der Waals surface area contributed by atoms with Crippen LogP contribution < -0.4 is 0 Å². The minimum absolute atomic E-state index is 0.0613. The lowest BCUT2D eigenvalue weighted by molar-refractivity contribution is -0.133. The van der Waals surface area contributed by atoms with Gasteiger partial charge in [-0.1, -0.05) is 13.8 Å². The number of hydrogen-bond donors (Lipinski definition) is 0. The molecule has 0 rings (SSSR count). The first-order chi connectivity index (χ1) is 6.07. The van der Waals surface area contributed by atoms with Crippen LogP contribution >= 0.6 is 0 Å². The van der Waals surface area contributed by atoms with Crippen molar-refractivity contribution in [3.63, 3.8) is 0 Å². The molecule has 0 saturated carbocycles. The molecule has 3 heteroatoms. The van der Waals surface area contributed by atoms with Crippen LogP contribution in [0.5, 0.6) is 0 Å². The highest BCUT2D eigenvalue weighted by Gasteiger charge is 2.07. The zero-order chi connectivity index (χ0) is 10.3. The summed E-state index contributed by atoms with van der Waals surface area (Å²) in [6.45, 7) is 5.41. The van der Waals surface area contributed by atoms with Crippen LogP contribution in [-0.2, 0) is 9.53 Å². The Morgan fingerprint density at radius 3 is 2.54 bits per heavy atom. The minimum atomic E-state index is 0.0613. The summed E-state index contributed by atoms with van der Waals surface area (Å²) in [5, 5.41) is 0. The van der Waals surface area contributed by atoms with Crippen molar-refractivity contribution in [3.8, 4) is 0 Å². The smallest absolute Gasteiger partial charge is 0.248 e. The van der Waals surface area contributed by atoms with E-state index in [2.05, 4.69) is 13.8 Å². The van der Waals surface area contributed by atoms with Gasteiger partial charge in [-0.05, 0) is 18.8 Å². The fourth-order valence-corrected chi connectivity index (χ4v) is 1.10. The normalized spacial score (nSPS) is 10.5. The lowest BCUT2D eigenvalue weighted by Gasteiger charge is -2.16. The van der Waals surface area contributed by atoms with Crippen LogP contribution in [0.2, 0.25) is 0 Å². The number of ether oxygens (including phenoxy) is 1. The third kappa shape index (κ3) is 6.58. The summed E-state index contributed by atoms with van der Waals surface area (Å²) in [6, 6.07) is 0. The number of carbonyl (C=O) groups is 1. The Balaban J connectivity index is 3.49. The first-order valence-corrected chi connectivity index (χ1v) is 4.80. The van der Waals surface area contributed by atoms with Crippen molar-refractivity contribution in [3.05, 3.63) is 0 Å². The molecule has 0 aromatic heterocycles. The molecule has 0 radical (unpaired) electrons. The molecule has 0 aliphatic rings. The molecule has 0 spiro atoms. The summed E-state index contributed by atoms with van der Waals surface area (Å²) < 4.78 is 4.76. The number of nitrogens with zero attached hydrogens (tertiary/aromatic N) is 1. The number of hydrogen-bond acceptors (Lipinski definition) is 2. The second kappa shape index (κ2) is 6.89. The molecule has 0 aliphatic heterocycles. The lowest BCUT2D eigenvalue weighted by Crippen LogP contribution is -2.30. The number of rotatable bonds is 6. The van der Waals surface area contributed by atoms with Crippen LogP contribution in [0, 0.1) is 5.92 Å². The molecule has 0 saturated heterocycles. The first-order valence-electron chi connectivity index (χ1n) is 4.80. The Hall–Kier alpha value is -0.570. The topological polar surface area (TPSA) is 29.5 Å². The minimum Gasteiger partial charge on any atom is -0.375 e. The average Bonchev–Trinajstić information content (AvgIpc) is 2.04. The predicted molar refractivity (Wildman–Crippen MR) is 53.6 cm³/mol. The van der Waals surface area contributed by atoms with E-state index in [1.807, 2.05) is 7.05 Å². The predicted octanol–water partition coefficient (Wildman–Crippen LogP) is 1.53. The molecule has 0 aromatic rings. The maximum atomic E-state index is 11.2. The molecule has 0 atom stereocenters. The summed E-state index contributed by atoms with van der Waals surface area (Å²) >= 11 is 0. The molecule has 0 fully saturated rings. The molecule has 0 aromatic carbocycles. The van der Waals surface area contributed by atoms with Gasteiger partial charge in [-0.3, -0.25) is 4.79 Å². The van der Waals surface area contributed by atoms with E-state index in [9.17, 15) is 4.79 Å². The first kappa shape index (κ1) is 12.4. The second-order valence-corrected chi connectivity index (χ2v) is 3.78.